The summed E-state index contributed by atoms with van der Waals surface area (Å²) in [6.07, 6.45) is 1.81. The largest absolute Gasteiger partial charge is 0.349 e. The van der Waals surface area contributed by atoms with Gasteiger partial charge in [0.2, 0.25) is 0 Å². The normalized spacial score (nSPS) is 17.4. The van der Waals surface area contributed by atoms with Crippen molar-refractivity contribution >= 4 is 17.5 Å². The fourth-order valence-electron chi connectivity index (χ4n) is 2.33. The van der Waals surface area contributed by atoms with Gasteiger partial charge in [-0.25, -0.2) is 4.39 Å². The van der Waals surface area contributed by atoms with Gasteiger partial charge >= 0.3 is 0 Å². The fraction of sp³-hybridized carbons (Fsp3) is 0.500. The van der Waals surface area contributed by atoms with Gasteiger partial charge in [-0.15, -0.1) is 0 Å². The van der Waals surface area contributed by atoms with Gasteiger partial charge in [0.05, 0.1) is 5.56 Å². The minimum Gasteiger partial charge on any atom is -0.349 e. The van der Waals surface area contributed by atoms with Gasteiger partial charge in [0.15, 0.2) is 0 Å². The van der Waals surface area contributed by atoms with E-state index in [1.165, 1.54) is 18.2 Å². The number of rotatable bonds is 3. The van der Waals surface area contributed by atoms with Gasteiger partial charge in [0, 0.05) is 24.2 Å². The van der Waals surface area contributed by atoms with Crippen molar-refractivity contribution in [3.8, 4) is 0 Å². The van der Waals surface area contributed by atoms with Gasteiger partial charge in [0.1, 0.15) is 5.82 Å². The summed E-state index contributed by atoms with van der Waals surface area (Å²) in [6.45, 7) is 5.10. The molecule has 3 nitrogen and oxygen atoms in total. The van der Waals surface area contributed by atoms with E-state index in [9.17, 15) is 9.18 Å². The van der Waals surface area contributed by atoms with Gasteiger partial charge in [-0.05, 0) is 37.6 Å². The molecule has 0 bridgehead atoms. The molecule has 0 radical (unpaired) electrons. The van der Waals surface area contributed by atoms with Crippen LogP contribution < -0.4 is 5.32 Å². The molecule has 0 spiro atoms. The predicted octanol–water partition coefficient (Wildman–Crippen LogP) is 2.69. The van der Waals surface area contributed by atoms with Crippen molar-refractivity contribution in [3.05, 3.63) is 34.6 Å². The van der Waals surface area contributed by atoms with E-state index in [4.69, 9.17) is 11.6 Å². The molecule has 0 aliphatic carbocycles. The standard InChI is InChI=1S/C14H18ClFN2O/c1-2-18-7-5-11(6-8-18)17-14(19)12-9-10(15)3-4-13(12)16/h3-4,9,11H,2,5-8H2,1H3,(H,17,19). The van der Waals surface area contributed by atoms with E-state index in [-0.39, 0.29) is 17.5 Å². The summed E-state index contributed by atoms with van der Waals surface area (Å²) >= 11 is 5.79. The van der Waals surface area contributed by atoms with Crippen LogP contribution in [0.25, 0.3) is 0 Å². The first-order valence-corrected chi connectivity index (χ1v) is 6.96. The summed E-state index contributed by atoms with van der Waals surface area (Å²) in [5, 5.41) is 3.25. The summed E-state index contributed by atoms with van der Waals surface area (Å²) in [5.41, 5.74) is 0.0189. The number of carbonyl (C=O) groups is 1. The third-order valence-corrected chi connectivity index (χ3v) is 3.78. The number of nitrogens with one attached hydrogen (secondary N) is 1. The van der Waals surface area contributed by atoms with E-state index in [1.54, 1.807) is 0 Å². The lowest BCUT2D eigenvalue weighted by molar-refractivity contribution is 0.0908. The molecule has 1 fully saturated rings. The van der Waals surface area contributed by atoms with E-state index < -0.39 is 5.82 Å². The molecule has 1 aromatic carbocycles. The summed E-state index contributed by atoms with van der Waals surface area (Å²) in [4.78, 5) is 14.3. The van der Waals surface area contributed by atoms with Crippen molar-refractivity contribution in [2.75, 3.05) is 19.6 Å². The number of likely N-dealkylation sites (tertiary alicyclic amines) is 1. The number of piperidine rings is 1. The molecule has 1 aliphatic heterocycles. The van der Waals surface area contributed by atoms with Crippen molar-refractivity contribution in [2.45, 2.75) is 25.8 Å². The number of hydrogen-bond donors (Lipinski definition) is 1. The molecule has 1 aromatic rings. The Balaban J connectivity index is 1.96. The highest BCUT2D eigenvalue weighted by Crippen LogP contribution is 2.16. The lowest BCUT2D eigenvalue weighted by Crippen LogP contribution is -2.44. The number of carbonyl (C=O) groups excluding carboxylic acids is 1. The molecule has 19 heavy (non-hydrogen) atoms. The third-order valence-electron chi connectivity index (χ3n) is 3.54. The zero-order valence-electron chi connectivity index (χ0n) is 11.0. The Bertz CT molecular complexity index is 459. The molecule has 0 unspecified atom stereocenters. The Morgan fingerprint density at radius 2 is 2.16 bits per heavy atom. The van der Waals surface area contributed by atoms with Crippen molar-refractivity contribution in [2.24, 2.45) is 0 Å². The zero-order valence-corrected chi connectivity index (χ0v) is 11.7. The predicted molar refractivity (Wildman–Crippen MR) is 74.0 cm³/mol. The number of nitrogens with zero attached hydrogens (tertiary/aromatic N) is 1. The van der Waals surface area contributed by atoms with Gasteiger partial charge in [-0.1, -0.05) is 18.5 Å². The quantitative estimate of drug-likeness (QED) is 0.926. The third kappa shape index (κ3) is 3.67. The summed E-state index contributed by atoms with van der Waals surface area (Å²) in [7, 11) is 0. The lowest BCUT2D eigenvalue weighted by Gasteiger charge is -2.31. The average molecular weight is 285 g/mol. The Morgan fingerprint density at radius 1 is 1.47 bits per heavy atom. The Kier molecular flexibility index (Phi) is 4.77. The van der Waals surface area contributed by atoms with Crippen LogP contribution in [0.15, 0.2) is 18.2 Å². The summed E-state index contributed by atoms with van der Waals surface area (Å²) in [6, 6.07) is 4.14. The Morgan fingerprint density at radius 3 is 2.79 bits per heavy atom. The van der Waals surface area contributed by atoms with Crippen molar-refractivity contribution in [1.82, 2.24) is 10.2 Å². The highest BCUT2D eigenvalue weighted by molar-refractivity contribution is 6.31. The first-order valence-electron chi connectivity index (χ1n) is 6.58. The minimum atomic E-state index is -0.534. The van der Waals surface area contributed by atoms with Crippen LogP contribution in [0, 0.1) is 5.82 Å². The smallest absolute Gasteiger partial charge is 0.254 e. The highest BCUT2D eigenvalue weighted by atomic mass is 35.5. The topological polar surface area (TPSA) is 32.3 Å². The second-order valence-electron chi connectivity index (χ2n) is 4.81. The van der Waals surface area contributed by atoms with Crippen LogP contribution in [0.1, 0.15) is 30.1 Å². The van der Waals surface area contributed by atoms with Crippen molar-refractivity contribution < 1.29 is 9.18 Å². The maximum absolute atomic E-state index is 13.6. The molecular weight excluding hydrogens is 267 g/mol. The Hall–Kier alpha value is -1.13. The van der Waals surface area contributed by atoms with E-state index in [0.717, 1.165) is 32.5 Å². The molecule has 104 valence electrons. The van der Waals surface area contributed by atoms with Gasteiger partial charge in [-0.3, -0.25) is 4.79 Å². The molecule has 2 rings (SSSR count). The van der Waals surface area contributed by atoms with Crippen LogP contribution in [0.4, 0.5) is 4.39 Å². The van der Waals surface area contributed by atoms with Crippen LogP contribution in [0.5, 0.6) is 0 Å². The van der Waals surface area contributed by atoms with Crippen LogP contribution in [0.2, 0.25) is 5.02 Å². The number of halogens is 2. The molecule has 0 saturated carbocycles. The zero-order chi connectivity index (χ0) is 13.8. The molecule has 0 atom stereocenters. The summed E-state index contributed by atoms with van der Waals surface area (Å²) in [5.74, 6) is -0.914. The molecule has 1 amide bonds. The van der Waals surface area contributed by atoms with E-state index in [2.05, 4.69) is 17.1 Å². The van der Waals surface area contributed by atoms with Crippen LogP contribution >= 0.6 is 11.6 Å². The molecule has 1 aliphatic rings. The average Bonchev–Trinajstić information content (AvgIpc) is 2.42. The highest BCUT2D eigenvalue weighted by Gasteiger charge is 2.21. The van der Waals surface area contributed by atoms with E-state index in [0.29, 0.717) is 5.02 Å². The monoisotopic (exact) mass is 284 g/mol. The number of amides is 1. The van der Waals surface area contributed by atoms with E-state index >= 15 is 0 Å². The van der Waals surface area contributed by atoms with Gasteiger partial charge in [-0.2, -0.15) is 0 Å². The molecule has 1 heterocycles. The van der Waals surface area contributed by atoms with Crippen molar-refractivity contribution in [3.63, 3.8) is 0 Å². The second kappa shape index (κ2) is 6.35. The molecular formula is C14H18ClFN2O. The first kappa shape index (κ1) is 14.3. The lowest BCUT2D eigenvalue weighted by atomic mass is 10.0. The van der Waals surface area contributed by atoms with Gasteiger partial charge < -0.3 is 10.2 Å². The molecule has 1 saturated heterocycles. The number of benzene rings is 1. The van der Waals surface area contributed by atoms with Crippen LogP contribution in [-0.4, -0.2) is 36.5 Å². The SMILES string of the molecule is CCN1CCC(NC(=O)c2cc(Cl)ccc2F)CC1. The molecule has 1 N–H and O–H groups in total. The maximum Gasteiger partial charge on any atom is 0.254 e. The van der Waals surface area contributed by atoms with Crippen molar-refractivity contribution in [1.29, 1.82) is 0 Å². The summed E-state index contributed by atoms with van der Waals surface area (Å²) < 4.78 is 13.6. The fourth-order valence-corrected chi connectivity index (χ4v) is 2.50. The van der Waals surface area contributed by atoms with E-state index in [1.807, 2.05) is 0 Å². The molecule has 5 heteroatoms. The minimum absolute atomic E-state index is 0.0189. The van der Waals surface area contributed by atoms with Gasteiger partial charge in [0.25, 0.3) is 5.91 Å². The maximum atomic E-state index is 13.6. The Labute approximate surface area is 117 Å². The van der Waals surface area contributed by atoms with Crippen LogP contribution in [0.3, 0.4) is 0 Å². The second-order valence-corrected chi connectivity index (χ2v) is 5.24. The van der Waals surface area contributed by atoms with Crippen LogP contribution in [-0.2, 0) is 0 Å². The first-order chi connectivity index (χ1) is 9.10. The molecule has 0 aromatic heterocycles. The number of hydrogen-bond acceptors (Lipinski definition) is 2.